The van der Waals surface area contributed by atoms with Crippen LogP contribution in [0.4, 0.5) is 10.5 Å². The summed E-state index contributed by atoms with van der Waals surface area (Å²) in [5, 5.41) is 2.97. The molecule has 1 saturated heterocycles. The van der Waals surface area contributed by atoms with E-state index in [2.05, 4.69) is 10.3 Å². The lowest BCUT2D eigenvalue weighted by Crippen LogP contribution is -2.49. The molecule has 6 nitrogen and oxygen atoms in total. The monoisotopic (exact) mass is 314 g/mol. The van der Waals surface area contributed by atoms with Gasteiger partial charge in [-0.2, -0.15) is 0 Å². The molecule has 1 aliphatic heterocycles. The molecule has 23 heavy (non-hydrogen) atoms. The Kier molecular flexibility index (Phi) is 4.34. The third-order valence-corrected chi connectivity index (χ3v) is 3.90. The first-order valence-electron chi connectivity index (χ1n) is 7.82. The number of amides is 2. The Morgan fingerprint density at radius 3 is 2.70 bits per heavy atom. The van der Waals surface area contributed by atoms with Gasteiger partial charge in [-0.05, 0) is 26.0 Å². The van der Waals surface area contributed by atoms with E-state index in [0.29, 0.717) is 13.1 Å². The van der Waals surface area contributed by atoms with Crippen molar-refractivity contribution in [1.82, 2.24) is 14.5 Å². The highest BCUT2D eigenvalue weighted by Crippen LogP contribution is 2.21. The lowest BCUT2D eigenvalue weighted by atomic mass is 10.2. The average Bonchev–Trinajstić information content (AvgIpc) is 2.92. The van der Waals surface area contributed by atoms with Crippen LogP contribution in [0.2, 0.25) is 0 Å². The largest absolute Gasteiger partial charge is 0.372 e. The highest BCUT2D eigenvalue weighted by atomic mass is 16.5. The topological polar surface area (TPSA) is 59.4 Å². The zero-order valence-corrected chi connectivity index (χ0v) is 13.7. The average molecular weight is 314 g/mol. The third kappa shape index (κ3) is 3.53. The Morgan fingerprint density at radius 2 is 2.04 bits per heavy atom. The number of imidazole rings is 1. The van der Waals surface area contributed by atoms with Crippen molar-refractivity contribution in [3.63, 3.8) is 0 Å². The predicted octanol–water partition coefficient (Wildman–Crippen LogP) is 2.73. The zero-order chi connectivity index (χ0) is 16.4. The Bertz CT molecular complexity index is 687. The molecule has 1 aromatic carbocycles. The first-order chi connectivity index (χ1) is 11.0. The van der Waals surface area contributed by atoms with Gasteiger partial charge in [-0.1, -0.05) is 12.1 Å². The third-order valence-electron chi connectivity index (χ3n) is 3.90. The van der Waals surface area contributed by atoms with Crippen molar-refractivity contribution in [2.75, 3.05) is 18.4 Å². The van der Waals surface area contributed by atoms with Crippen LogP contribution in [0.1, 0.15) is 13.8 Å². The minimum Gasteiger partial charge on any atom is -0.372 e. The van der Waals surface area contributed by atoms with Gasteiger partial charge in [0.15, 0.2) is 0 Å². The maximum absolute atomic E-state index is 12.5. The molecule has 2 aromatic rings. The molecule has 3 rings (SSSR count). The molecule has 2 atom stereocenters. The maximum Gasteiger partial charge on any atom is 0.322 e. The summed E-state index contributed by atoms with van der Waals surface area (Å²) < 4.78 is 7.62. The molecule has 1 aromatic heterocycles. The van der Waals surface area contributed by atoms with Gasteiger partial charge < -0.3 is 19.5 Å². The standard InChI is InChI=1S/C17H22N4O2/c1-12-10-21(11-13(2)23-12)17(22)19-15-6-4-5-14(9-15)16-18-7-8-20(16)3/h4-9,12-13H,10-11H2,1-3H3,(H,19,22). The number of hydrogen-bond donors (Lipinski definition) is 1. The van der Waals surface area contributed by atoms with Gasteiger partial charge in [0.2, 0.25) is 0 Å². The Hall–Kier alpha value is -2.34. The van der Waals surface area contributed by atoms with Crippen LogP contribution in [-0.4, -0.2) is 45.8 Å². The van der Waals surface area contributed by atoms with Gasteiger partial charge in [0.25, 0.3) is 0 Å². The maximum atomic E-state index is 12.5. The number of nitrogens with zero attached hydrogens (tertiary/aromatic N) is 3. The first-order valence-corrected chi connectivity index (χ1v) is 7.82. The van der Waals surface area contributed by atoms with Crippen LogP contribution in [-0.2, 0) is 11.8 Å². The minimum absolute atomic E-state index is 0.0587. The number of aryl methyl sites for hydroxylation is 1. The fraction of sp³-hybridized carbons (Fsp3) is 0.412. The van der Waals surface area contributed by atoms with Crippen LogP contribution in [0, 0.1) is 0 Å². The molecule has 2 amide bonds. The van der Waals surface area contributed by atoms with E-state index in [1.54, 1.807) is 11.1 Å². The van der Waals surface area contributed by atoms with Crippen molar-refractivity contribution in [2.45, 2.75) is 26.1 Å². The highest BCUT2D eigenvalue weighted by Gasteiger charge is 2.25. The van der Waals surface area contributed by atoms with Gasteiger partial charge in [-0.25, -0.2) is 9.78 Å². The van der Waals surface area contributed by atoms with Crippen molar-refractivity contribution >= 4 is 11.7 Å². The molecular weight excluding hydrogens is 292 g/mol. The molecule has 2 heterocycles. The van der Waals surface area contributed by atoms with E-state index in [9.17, 15) is 4.79 Å². The molecule has 0 aliphatic carbocycles. The molecule has 0 spiro atoms. The molecule has 1 fully saturated rings. The Labute approximate surface area is 136 Å². The number of hydrogen-bond acceptors (Lipinski definition) is 3. The lowest BCUT2D eigenvalue weighted by Gasteiger charge is -2.35. The SMILES string of the molecule is CC1CN(C(=O)Nc2cccc(-c3nccn3C)c2)CC(C)O1. The van der Waals surface area contributed by atoms with Crippen LogP contribution >= 0.6 is 0 Å². The molecule has 0 bridgehead atoms. The number of aromatic nitrogens is 2. The second-order valence-electron chi connectivity index (χ2n) is 6.04. The Balaban J connectivity index is 1.73. The van der Waals surface area contributed by atoms with E-state index in [4.69, 9.17) is 4.74 Å². The summed E-state index contributed by atoms with van der Waals surface area (Å²) >= 11 is 0. The number of benzene rings is 1. The summed E-state index contributed by atoms with van der Waals surface area (Å²) in [7, 11) is 1.95. The normalized spacial score (nSPS) is 21.3. The summed E-state index contributed by atoms with van der Waals surface area (Å²) in [6, 6.07) is 7.63. The second-order valence-corrected chi connectivity index (χ2v) is 6.04. The molecule has 0 radical (unpaired) electrons. The van der Waals surface area contributed by atoms with Crippen LogP contribution < -0.4 is 5.32 Å². The van der Waals surface area contributed by atoms with Gasteiger partial charge in [0.05, 0.1) is 12.2 Å². The number of urea groups is 1. The second kappa shape index (κ2) is 6.42. The molecule has 122 valence electrons. The summed E-state index contributed by atoms with van der Waals surface area (Å²) in [5.74, 6) is 0.870. The number of nitrogens with one attached hydrogen (secondary N) is 1. The smallest absolute Gasteiger partial charge is 0.322 e. The fourth-order valence-electron chi connectivity index (χ4n) is 2.93. The van der Waals surface area contributed by atoms with Crippen molar-refractivity contribution in [3.8, 4) is 11.4 Å². The van der Waals surface area contributed by atoms with Gasteiger partial charge in [-0.15, -0.1) is 0 Å². The van der Waals surface area contributed by atoms with E-state index in [1.165, 1.54) is 0 Å². The number of anilines is 1. The number of carbonyl (C=O) groups is 1. The van der Waals surface area contributed by atoms with E-state index in [-0.39, 0.29) is 18.2 Å². The summed E-state index contributed by atoms with van der Waals surface area (Å²) in [5.41, 5.74) is 1.74. The quantitative estimate of drug-likeness (QED) is 0.927. The van der Waals surface area contributed by atoms with Crippen molar-refractivity contribution in [1.29, 1.82) is 0 Å². The summed E-state index contributed by atoms with van der Waals surface area (Å²) in [6.07, 6.45) is 3.78. The van der Waals surface area contributed by atoms with Crippen LogP contribution in [0.25, 0.3) is 11.4 Å². The molecular formula is C17H22N4O2. The van der Waals surface area contributed by atoms with Crippen molar-refractivity contribution in [2.24, 2.45) is 7.05 Å². The summed E-state index contributed by atoms with van der Waals surface area (Å²) in [4.78, 5) is 18.6. The van der Waals surface area contributed by atoms with Crippen LogP contribution in [0.15, 0.2) is 36.7 Å². The minimum atomic E-state index is -0.0935. The molecule has 1 aliphatic rings. The van der Waals surface area contributed by atoms with Gasteiger partial charge in [0.1, 0.15) is 5.82 Å². The molecule has 0 saturated carbocycles. The van der Waals surface area contributed by atoms with E-state index in [0.717, 1.165) is 17.1 Å². The lowest BCUT2D eigenvalue weighted by molar-refractivity contribution is -0.0530. The fourth-order valence-corrected chi connectivity index (χ4v) is 2.93. The number of morpholine rings is 1. The van der Waals surface area contributed by atoms with Crippen LogP contribution in [0.3, 0.4) is 0 Å². The highest BCUT2D eigenvalue weighted by molar-refractivity contribution is 5.90. The summed E-state index contributed by atoms with van der Waals surface area (Å²) in [6.45, 7) is 5.18. The van der Waals surface area contributed by atoms with Crippen LogP contribution in [0.5, 0.6) is 0 Å². The number of ether oxygens (including phenoxy) is 1. The van der Waals surface area contributed by atoms with Crippen molar-refractivity contribution in [3.05, 3.63) is 36.7 Å². The number of carbonyl (C=O) groups excluding carboxylic acids is 1. The predicted molar refractivity (Wildman–Crippen MR) is 89.2 cm³/mol. The van der Waals surface area contributed by atoms with Gasteiger partial charge in [-0.3, -0.25) is 0 Å². The molecule has 1 N–H and O–H groups in total. The number of rotatable bonds is 2. The van der Waals surface area contributed by atoms with E-state index < -0.39 is 0 Å². The van der Waals surface area contributed by atoms with E-state index in [1.807, 2.05) is 55.9 Å². The zero-order valence-electron chi connectivity index (χ0n) is 13.7. The van der Waals surface area contributed by atoms with Gasteiger partial charge >= 0.3 is 6.03 Å². The van der Waals surface area contributed by atoms with Gasteiger partial charge in [0, 0.05) is 43.8 Å². The first kappa shape index (κ1) is 15.6. The molecule has 6 heteroatoms. The Morgan fingerprint density at radius 1 is 1.30 bits per heavy atom. The molecule has 2 unspecified atom stereocenters. The van der Waals surface area contributed by atoms with E-state index >= 15 is 0 Å². The van der Waals surface area contributed by atoms with Crippen molar-refractivity contribution < 1.29 is 9.53 Å².